The molecule has 0 saturated heterocycles. The summed E-state index contributed by atoms with van der Waals surface area (Å²) in [5.74, 6) is 0.352. The zero-order valence-electron chi connectivity index (χ0n) is 15.6. The van der Waals surface area contributed by atoms with Crippen molar-refractivity contribution in [3.8, 4) is 11.5 Å². The highest BCUT2D eigenvalue weighted by atomic mass is 35.5. The largest absolute Gasteiger partial charge is 0.492 e. The number of hydrogen-bond acceptors (Lipinski definition) is 4. The number of carbonyl (C=O) groups is 2. The monoisotopic (exact) mass is 390 g/mol. The Morgan fingerprint density at radius 3 is 2.00 bits per heavy atom. The molecule has 0 heterocycles. The number of carbonyl (C=O) groups excluding carboxylic acids is 2. The molecule has 6 nitrogen and oxygen atoms in total. The molecule has 0 atom stereocenters. The molecule has 0 aliphatic rings. The first-order valence-corrected chi connectivity index (χ1v) is 9.17. The van der Waals surface area contributed by atoms with E-state index >= 15 is 0 Å². The molecule has 2 rings (SSSR count). The summed E-state index contributed by atoms with van der Waals surface area (Å²) in [6.45, 7) is 6.23. The van der Waals surface area contributed by atoms with Gasteiger partial charge in [-0.05, 0) is 26.0 Å². The highest BCUT2D eigenvalue weighted by Gasteiger charge is 2.17. The lowest BCUT2D eigenvalue weighted by molar-refractivity contribution is -0.115. The van der Waals surface area contributed by atoms with Gasteiger partial charge in [-0.2, -0.15) is 0 Å². The molecule has 0 bridgehead atoms. The van der Waals surface area contributed by atoms with E-state index in [2.05, 4.69) is 10.6 Å². The number of anilines is 2. The van der Waals surface area contributed by atoms with Crippen LogP contribution in [0.5, 0.6) is 11.5 Å². The van der Waals surface area contributed by atoms with Gasteiger partial charge in [-0.3, -0.25) is 9.59 Å². The van der Waals surface area contributed by atoms with E-state index in [0.717, 1.165) is 0 Å². The van der Waals surface area contributed by atoms with Crippen molar-refractivity contribution in [1.82, 2.24) is 0 Å². The third-order valence-electron chi connectivity index (χ3n) is 3.64. The lowest BCUT2D eigenvalue weighted by Crippen LogP contribution is -2.15. The van der Waals surface area contributed by atoms with E-state index in [1.54, 1.807) is 43.3 Å². The quantitative estimate of drug-likeness (QED) is 0.682. The summed E-state index contributed by atoms with van der Waals surface area (Å²) in [6, 6.07) is 10.0. The van der Waals surface area contributed by atoms with E-state index < -0.39 is 0 Å². The Hall–Kier alpha value is -2.73. The molecule has 0 fully saturated rings. The van der Waals surface area contributed by atoms with Crippen LogP contribution < -0.4 is 20.1 Å². The lowest BCUT2D eigenvalue weighted by atomic mass is 10.2. The van der Waals surface area contributed by atoms with Gasteiger partial charge in [-0.25, -0.2) is 0 Å². The van der Waals surface area contributed by atoms with Crippen molar-refractivity contribution in [3.63, 3.8) is 0 Å². The fraction of sp³-hybridized carbons (Fsp3) is 0.300. The van der Waals surface area contributed by atoms with E-state index in [-0.39, 0.29) is 11.8 Å². The smallest absolute Gasteiger partial charge is 0.257 e. The summed E-state index contributed by atoms with van der Waals surface area (Å²) in [6.07, 6.45) is 0.334. The molecule has 2 aromatic carbocycles. The van der Waals surface area contributed by atoms with Crippen LogP contribution in [0.3, 0.4) is 0 Å². The zero-order chi connectivity index (χ0) is 19.8. The van der Waals surface area contributed by atoms with E-state index in [9.17, 15) is 9.59 Å². The van der Waals surface area contributed by atoms with Crippen LogP contribution >= 0.6 is 11.6 Å². The van der Waals surface area contributed by atoms with Gasteiger partial charge in [0.15, 0.2) is 0 Å². The van der Waals surface area contributed by atoms with Crippen molar-refractivity contribution in [3.05, 3.63) is 47.0 Å². The predicted molar refractivity (Wildman–Crippen MR) is 107 cm³/mol. The molecular weight excluding hydrogens is 368 g/mol. The van der Waals surface area contributed by atoms with E-state index in [1.807, 2.05) is 13.8 Å². The minimum absolute atomic E-state index is 0.147. The molecule has 2 amide bonds. The maximum Gasteiger partial charge on any atom is 0.257 e. The molecular formula is C20H23ClN2O4. The number of ether oxygens (including phenoxy) is 2. The highest BCUT2D eigenvalue weighted by molar-refractivity contribution is 6.34. The number of rotatable bonds is 8. The summed E-state index contributed by atoms with van der Waals surface area (Å²) in [5.41, 5.74) is 1.27. The lowest BCUT2D eigenvalue weighted by Gasteiger charge is -2.18. The maximum absolute atomic E-state index is 12.6. The van der Waals surface area contributed by atoms with Crippen molar-refractivity contribution in [2.24, 2.45) is 0 Å². The van der Waals surface area contributed by atoms with Gasteiger partial charge >= 0.3 is 0 Å². The third kappa shape index (κ3) is 5.37. The SMILES string of the molecule is CCOc1cc(NC(=O)c2ccccc2Cl)c(OCC)cc1NC(=O)CC. The Balaban J connectivity index is 2.41. The van der Waals surface area contributed by atoms with Gasteiger partial charge in [-0.1, -0.05) is 30.7 Å². The number of halogens is 1. The fourth-order valence-electron chi connectivity index (χ4n) is 2.38. The van der Waals surface area contributed by atoms with Crippen molar-refractivity contribution in [2.75, 3.05) is 23.8 Å². The number of amides is 2. The van der Waals surface area contributed by atoms with Gasteiger partial charge in [0.05, 0.1) is 35.2 Å². The first-order chi connectivity index (χ1) is 13.0. The van der Waals surface area contributed by atoms with Gasteiger partial charge in [0.1, 0.15) is 11.5 Å². The van der Waals surface area contributed by atoms with E-state index in [4.69, 9.17) is 21.1 Å². The molecule has 2 aromatic rings. The van der Waals surface area contributed by atoms with Crippen LogP contribution in [-0.4, -0.2) is 25.0 Å². The second-order valence-electron chi connectivity index (χ2n) is 5.55. The Labute approximate surface area is 163 Å². The minimum Gasteiger partial charge on any atom is -0.492 e. The number of hydrogen-bond donors (Lipinski definition) is 2. The van der Waals surface area contributed by atoms with Crippen LogP contribution in [0.1, 0.15) is 37.6 Å². The van der Waals surface area contributed by atoms with Crippen LogP contribution in [0.25, 0.3) is 0 Å². The summed E-state index contributed by atoms with van der Waals surface area (Å²) in [5, 5.41) is 5.94. The van der Waals surface area contributed by atoms with Crippen LogP contribution in [-0.2, 0) is 4.79 Å². The fourth-order valence-corrected chi connectivity index (χ4v) is 2.60. The van der Waals surface area contributed by atoms with Gasteiger partial charge < -0.3 is 20.1 Å². The normalized spacial score (nSPS) is 10.2. The van der Waals surface area contributed by atoms with Gasteiger partial charge in [0.2, 0.25) is 5.91 Å². The molecule has 0 spiro atoms. The number of benzene rings is 2. The molecule has 0 aliphatic heterocycles. The zero-order valence-corrected chi connectivity index (χ0v) is 16.4. The van der Waals surface area contributed by atoms with Crippen molar-refractivity contribution >= 4 is 34.8 Å². The Morgan fingerprint density at radius 2 is 1.48 bits per heavy atom. The van der Waals surface area contributed by atoms with Gasteiger partial charge in [0.25, 0.3) is 5.91 Å². The van der Waals surface area contributed by atoms with E-state index in [1.165, 1.54) is 0 Å². The second-order valence-corrected chi connectivity index (χ2v) is 5.95. The highest BCUT2D eigenvalue weighted by Crippen LogP contribution is 2.37. The summed E-state index contributed by atoms with van der Waals surface area (Å²) in [7, 11) is 0. The standard InChI is InChI=1S/C20H23ClN2O4/c1-4-19(24)22-15-11-18(27-6-3)16(12-17(15)26-5-2)23-20(25)13-9-7-8-10-14(13)21/h7-12H,4-6H2,1-3H3,(H,22,24)(H,23,25). The van der Waals surface area contributed by atoms with Gasteiger partial charge in [0, 0.05) is 18.6 Å². The summed E-state index contributed by atoms with van der Waals surface area (Å²) >= 11 is 6.10. The molecule has 7 heteroatoms. The third-order valence-corrected chi connectivity index (χ3v) is 3.97. The molecule has 0 aliphatic carbocycles. The van der Waals surface area contributed by atoms with Crippen LogP contribution in [0.15, 0.2) is 36.4 Å². The molecule has 0 radical (unpaired) electrons. The topological polar surface area (TPSA) is 76.7 Å². The Morgan fingerprint density at radius 1 is 0.926 bits per heavy atom. The predicted octanol–water partition coefficient (Wildman–Crippen LogP) is 4.74. The second kappa shape index (κ2) is 9.83. The molecule has 0 aromatic heterocycles. The Kier molecular flexibility index (Phi) is 7.49. The number of nitrogens with one attached hydrogen (secondary N) is 2. The minimum atomic E-state index is -0.366. The van der Waals surface area contributed by atoms with Crippen molar-refractivity contribution in [1.29, 1.82) is 0 Å². The summed E-state index contributed by atoms with van der Waals surface area (Å²) < 4.78 is 11.3. The van der Waals surface area contributed by atoms with Crippen molar-refractivity contribution < 1.29 is 19.1 Å². The molecule has 27 heavy (non-hydrogen) atoms. The maximum atomic E-state index is 12.6. The molecule has 0 unspecified atom stereocenters. The van der Waals surface area contributed by atoms with Crippen LogP contribution in [0, 0.1) is 0 Å². The molecule has 2 N–H and O–H groups in total. The Bertz CT molecular complexity index is 824. The van der Waals surface area contributed by atoms with Crippen molar-refractivity contribution in [2.45, 2.75) is 27.2 Å². The summed E-state index contributed by atoms with van der Waals surface area (Å²) in [4.78, 5) is 24.4. The van der Waals surface area contributed by atoms with E-state index in [0.29, 0.717) is 53.1 Å². The first kappa shape index (κ1) is 20.6. The van der Waals surface area contributed by atoms with Crippen LogP contribution in [0.4, 0.5) is 11.4 Å². The molecule has 144 valence electrons. The molecule has 0 saturated carbocycles. The average Bonchev–Trinajstić information content (AvgIpc) is 2.65. The first-order valence-electron chi connectivity index (χ1n) is 8.79. The van der Waals surface area contributed by atoms with Gasteiger partial charge in [-0.15, -0.1) is 0 Å². The average molecular weight is 391 g/mol. The van der Waals surface area contributed by atoms with Crippen LogP contribution in [0.2, 0.25) is 5.02 Å².